The van der Waals surface area contributed by atoms with Crippen LogP contribution < -0.4 is 5.32 Å². The molecule has 4 nitrogen and oxygen atoms in total. The van der Waals surface area contributed by atoms with Gasteiger partial charge < -0.3 is 5.32 Å². The molecule has 1 aliphatic rings. The SMILES string of the molecule is Cc1c(/C=C2\SC(=S)NC2=O)cnn1-c1ccccc1. The van der Waals surface area contributed by atoms with Gasteiger partial charge in [-0.25, -0.2) is 4.68 Å². The van der Waals surface area contributed by atoms with Crippen molar-refractivity contribution in [1.29, 1.82) is 0 Å². The van der Waals surface area contributed by atoms with Gasteiger partial charge in [0.25, 0.3) is 5.91 Å². The summed E-state index contributed by atoms with van der Waals surface area (Å²) >= 11 is 6.25. The van der Waals surface area contributed by atoms with E-state index < -0.39 is 0 Å². The van der Waals surface area contributed by atoms with Gasteiger partial charge in [0.2, 0.25) is 0 Å². The predicted octanol–water partition coefficient (Wildman–Crippen LogP) is 2.67. The normalized spacial score (nSPS) is 16.8. The van der Waals surface area contributed by atoms with E-state index in [0.717, 1.165) is 16.9 Å². The maximum absolute atomic E-state index is 11.7. The number of hydrogen-bond donors (Lipinski definition) is 1. The number of aromatic nitrogens is 2. The predicted molar refractivity (Wildman–Crippen MR) is 84.6 cm³/mol. The van der Waals surface area contributed by atoms with E-state index in [-0.39, 0.29) is 5.91 Å². The molecule has 0 atom stereocenters. The summed E-state index contributed by atoms with van der Waals surface area (Å²) < 4.78 is 2.34. The molecule has 1 aromatic heterocycles. The summed E-state index contributed by atoms with van der Waals surface area (Å²) in [7, 11) is 0. The van der Waals surface area contributed by atoms with Gasteiger partial charge in [0.05, 0.1) is 16.8 Å². The number of thioether (sulfide) groups is 1. The van der Waals surface area contributed by atoms with E-state index in [2.05, 4.69) is 10.4 Å². The van der Waals surface area contributed by atoms with Crippen LogP contribution in [-0.4, -0.2) is 20.0 Å². The molecule has 1 amide bonds. The molecule has 3 rings (SSSR count). The second-order valence-electron chi connectivity index (χ2n) is 4.28. The van der Waals surface area contributed by atoms with E-state index in [1.165, 1.54) is 11.8 Å². The summed E-state index contributed by atoms with van der Waals surface area (Å²) in [6.07, 6.45) is 3.58. The van der Waals surface area contributed by atoms with E-state index >= 15 is 0 Å². The first-order valence-corrected chi connectivity index (χ1v) is 7.22. The highest BCUT2D eigenvalue weighted by molar-refractivity contribution is 8.26. The smallest absolute Gasteiger partial charge is 0.263 e. The van der Waals surface area contributed by atoms with E-state index in [4.69, 9.17) is 12.2 Å². The fourth-order valence-electron chi connectivity index (χ4n) is 1.96. The van der Waals surface area contributed by atoms with E-state index in [9.17, 15) is 4.79 Å². The third-order valence-electron chi connectivity index (χ3n) is 2.98. The molecule has 100 valence electrons. The lowest BCUT2D eigenvalue weighted by molar-refractivity contribution is -0.115. The van der Waals surface area contributed by atoms with Gasteiger partial charge in [-0.15, -0.1) is 0 Å². The lowest BCUT2D eigenvalue weighted by Gasteiger charge is -2.03. The highest BCUT2D eigenvalue weighted by Gasteiger charge is 2.22. The minimum Gasteiger partial charge on any atom is -0.307 e. The number of para-hydroxylation sites is 1. The molecule has 6 heteroatoms. The number of nitrogens with zero attached hydrogens (tertiary/aromatic N) is 2. The summed E-state index contributed by atoms with van der Waals surface area (Å²) in [5.74, 6) is -0.146. The van der Waals surface area contributed by atoms with E-state index in [1.54, 1.807) is 6.20 Å². The number of rotatable bonds is 2. The molecule has 0 saturated carbocycles. The van der Waals surface area contributed by atoms with E-state index in [0.29, 0.717) is 9.23 Å². The molecule has 0 radical (unpaired) electrons. The van der Waals surface area contributed by atoms with Crippen molar-refractivity contribution in [1.82, 2.24) is 15.1 Å². The first-order valence-electron chi connectivity index (χ1n) is 6.00. The highest BCUT2D eigenvalue weighted by Crippen LogP contribution is 2.27. The van der Waals surface area contributed by atoms with E-state index in [1.807, 2.05) is 48.0 Å². The molecular formula is C14H11N3OS2. The van der Waals surface area contributed by atoms with Crippen LogP contribution in [0.25, 0.3) is 11.8 Å². The first kappa shape index (κ1) is 13.1. The number of thiocarbonyl (C=S) groups is 1. The Labute approximate surface area is 125 Å². The maximum atomic E-state index is 11.7. The van der Waals surface area contributed by atoms with Crippen LogP contribution in [0.2, 0.25) is 0 Å². The van der Waals surface area contributed by atoms with Crippen LogP contribution in [-0.2, 0) is 4.79 Å². The zero-order valence-electron chi connectivity index (χ0n) is 10.7. The number of carbonyl (C=O) groups is 1. The van der Waals surface area contributed by atoms with Gasteiger partial charge in [0.15, 0.2) is 0 Å². The zero-order chi connectivity index (χ0) is 14.1. The molecule has 0 aliphatic carbocycles. The molecule has 20 heavy (non-hydrogen) atoms. The number of amides is 1. The lowest BCUT2D eigenvalue weighted by atomic mass is 10.2. The van der Waals surface area contributed by atoms with Crippen LogP contribution in [0, 0.1) is 6.92 Å². The topological polar surface area (TPSA) is 46.9 Å². The van der Waals surface area contributed by atoms with Crippen LogP contribution in [0.15, 0.2) is 41.4 Å². The Morgan fingerprint density at radius 1 is 1.35 bits per heavy atom. The number of hydrogen-bond acceptors (Lipinski definition) is 4. The third kappa shape index (κ3) is 2.39. The van der Waals surface area contributed by atoms with Gasteiger partial charge in [0, 0.05) is 11.3 Å². The Kier molecular flexibility index (Phi) is 3.42. The fourth-order valence-corrected chi connectivity index (χ4v) is 2.99. The Morgan fingerprint density at radius 2 is 2.10 bits per heavy atom. The van der Waals surface area contributed by atoms with Crippen LogP contribution in [0.5, 0.6) is 0 Å². The van der Waals surface area contributed by atoms with Crippen molar-refractivity contribution in [3.05, 3.63) is 52.7 Å². The van der Waals surface area contributed by atoms with Gasteiger partial charge >= 0.3 is 0 Å². The van der Waals surface area contributed by atoms with Crippen molar-refractivity contribution in [2.75, 3.05) is 0 Å². The molecule has 1 aliphatic heterocycles. The van der Waals surface area contributed by atoms with Crippen molar-refractivity contribution < 1.29 is 4.79 Å². The average molecular weight is 301 g/mol. The van der Waals surface area contributed by atoms with Crippen LogP contribution in [0.1, 0.15) is 11.3 Å². The second-order valence-corrected chi connectivity index (χ2v) is 6.00. The Bertz CT molecular complexity index is 719. The summed E-state index contributed by atoms with van der Waals surface area (Å²) in [6, 6.07) is 9.87. The van der Waals surface area contributed by atoms with Crippen molar-refractivity contribution in [3.8, 4) is 5.69 Å². The maximum Gasteiger partial charge on any atom is 0.263 e. The lowest BCUT2D eigenvalue weighted by Crippen LogP contribution is -2.17. The van der Waals surface area contributed by atoms with Crippen LogP contribution in [0.3, 0.4) is 0 Å². The first-order chi connectivity index (χ1) is 9.65. The monoisotopic (exact) mass is 301 g/mol. The summed E-state index contributed by atoms with van der Waals surface area (Å²) in [4.78, 5) is 12.3. The van der Waals surface area contributed by atoms with Crippen molar-refractivity contribution >= 4 is 40.3 Å². The van der Waals surface area contributed by atoms with Crippen molar-refractivity contribution in [2.45, 2.75) is 6.92 Å². The van der Waals surface area contributed by atoms with Crippen LogP contribution >= 0.6 is 24.0 Å². The van der Waals surface area contributed by atoms with Gasteiger partial charge in [-0.3, -0.25) is 4.79 Å². The zero-order valence-corrected chi connectivity index (χ0v) is 12.3. The minimum absolute atomic E-state index is 0.146. The standard InChI is InChI=1S/C14H11N3OS2/c1-9-10(7-12-13(18)16-14(19)20-12)8-15-17(9)11-5-3-2-4-6-11/h2-8H,1H3,(H,16,18,19)/b12-7-. The van der Waals surface area contributed by atoms with Crippen molar-refractivity contribution in [3.63, 3.8) is 0 Å². The molecule has 1 N–H and O–H groups in total. The third-order valence-corrected chi connectivity index (χ3v) is 4.14. The average Bonchev–Trinajstić information content (AvgIpc) is 2.95. The Balaban J connectivity index is 1.98. The van der Waals surface area contributed by atoms with Crippen molar-refractivity contribution in [2.24, 2.45) is 0 Å². The molecule has 2 aromatic rings. The fraction of sp³-hybridized carbons (Fsp3) is 0.0714. The Hall–Kier alpha value is -1.92. The molecular weight excluding hydrogens is 290 g/mol. The minimum atomic E-state index is -0.146. The summed E-state index contributed by atoms with van der Waals surface area (Å²) in [6.45, 7) is 1.97. The highest BCUT2D eigenvalue weighted by atomic mass is 32.2. The summed E-state index contributed by atoms with van der Waals surface area (Å²) in [5.41, 5.74) is 2.89. The molecule has 1 aromatic carbocycles. The summed E-state index contributed by atoms with van der Waals surface area (Å²) in [5, 5.41) is 6.98. The molecule has 0 unspecified atom stereocenters. The quantitative estimate of drug-likeness (QED) is 0.684. The molecule has 0 bridgehead atoms. The van der Waals surface area contributed by atoms with Gasteiger partial charge in [-0.2, -0.15) is 5.10 Å². The number of nitrogens with one attached hydrogen (secondary N) is 1. The number of benzene rings is 1. The second kappa shape index (κ2) is 5.22. The van der Waals surface area contributed by atoms with Gasteiger partial charge in [-0.05, 0) is 25.1 Å². The molecule has 0 spiro atoms. The Morgan fingerprint density at radius 3 is 2.75 bits per heavy atom. The number of carbonyl (C=O) groups excluding carboxylic acids is 1. The molecule has 2 heterocycles. The van der Waals surface area contributed by atoms with Crippen LogP contribution in [0.4, 0.5) is 0 Å². The van der Waals surface area contributed by atoms with Gasteiger partial charge in [0.1, 0.15) is 4.32 Å². The largest absolute Gasteiger partial charge is 0.307 e. The molecule has 1 saturated heterocycles. The molecule has 1 fully saturated rings. The van der Waals surface area contributed by atoms with Gasteiger partial charge in [-0.1, -0.05) is 42.2 Å².